The maximum Gasteiger partial charge on any atom is 0.337 e. The topological polar surface area (TPSA) is 68.7 Å². The average Bonchev–Trinajstić information content (AvgIpc) is 2.77. The molecule has 0 spiro atoms. The van der Waals surface area contributed by atoms with Crippen molar-refractivity contribution in [2.75, 3.05) is 6.61 Å². The Morgan fingerprint density at radius 2 is 1.97 bits per heavy atom. The largest absolute Gasteiger partial charge is 0.493 e. The summed E-state index contributed by atoms with van der Waals surface area (Å²) in [6, 6.07) is 14.3. The van der Waals surface area contributed by atoms with Crippen molar-refractivity contribution in [1.29, 1.82) is 0 Å². The molecule has 1 N–H and O–H groups in total. The minimum Gasteiger partial charge on any atom is -0.493 e. The highest BCUT2D eigenvalue weighted by atomic mass is 127. The molecule has 0 aliphatic carbocycles. The Morgan fingerprint density at radius 3 is 2.71 bits per heavy atom. The van der Waals surface area contributed by atoms with Gasteiger partial charge in [0.1, 0.15) is 5.75 Å². The van der Waals surface area contributed by atoms with Crippen LogP contribution in [0.15, 0.2) is 48.7 Å². The van der Waals surface area contributed by atoms with Crippen LogP contribution in [0.4, 0.5) is 0 Å². The van der Waals surface area contributed by atoms with Crippen LogP contribution in [0.1, 0.15) is 43.6 Å². The van der Waals surface area contributed by atoms with Gasteiger partial charge in [0.05, 0.1) is 17.7 Å². The van der Waals surface area contributed by atoms with Gasteiger partial charge in [0.2, 0.25) is 0 Å². The molecule has 0 bridgehead atoms. The number of halogens is 1. The van der Waals surface area contributed by atoms with Crippen LogP contribution in [-0.2, 0) is 16.0 Å². The Balaban J connectivity index is 1.92. The summed E-state index contributed by atoms with van der Waals surface area (Å²) in [5.74, 6) is -0.190. The molecular weight excluding hydrogens is 541 g/mol. The van der Waals surface area contributed by atoms with E-state index in [0.29, 0.717) is 12.2 Å². The third kappa shape index (κ3) is 4.03. The number of ether oxygens (including phenoxy) is 2. The van der Waals surface area contributed by atoms with E-state index >= 15 is 0 Å². The van der Waals surface area contributed by atoms with E-state index in [0.717, 1.165) is 54.1 Å². The smallest absolute Gasteiger partial charge is 0.337 e. The molecule has 0 radical (unpaired) electrons. The van der Waals surface area contributed by atoms with Gasteiger partial charge in [0.25, 0.3) is 0 Å². The number of hydrogen-bond acceptors (Lipinski definition) is 4. The van der Waals surface area contributed by atoms with E-state index in [2.05, 4.69) is 40.8 Å². The van der Waals surface area contributed by atoms with E-state index < -0.39 is 17.7 Å². The van der Waals surface area contributed by atoms with Gasteiger partial charge in [-0.3, -0.25) is 4.98 Å². The summed E-state index contributed by atoms with van der Waals surface area (Å²) in [5.41, 5.74) is 4.66. The van der Waals surface area contributed by atoms with Gasteiger partial charge in [-0.1, -0.05) is 12.1 Å². The summed E-state index contributed by atoms with van der Waals surface area (Å²) < 4.78 is 13.2. The van der Waals surface area contributed by atoms with E-state index in [1.807, 2.05) is 58.2 Å². The number of carboxylic acid groups (broad SMARTS) is 1. The molecule has 34 heavy (non-hydrogen) atoms. The summed E-state index contributed by atoms with van der Waals surface area (Å²) in [4.78, 5) is 17.4. The van der Waals surface area contributed by atoms with Crippen LogP contribution in [0.3, 0.4) is 0 Å². The van der Waals surface area contributed by atoms with Crippen LogP contribution < -0.4 is 4.74 Å². The first-order valence-electron chi connectivity index (χ1n) is 11.3. The third-order valence-corrected chi connectivity index (χ3v) is 6.82. The van der Waals surface area contributed by atoms with Crippen molar-refractivity contribution in [3.63, 3.8) is 0 Å². The lowest BCUT2D eigenvalue weighted by atomic mass is 9.85. The van der Waals surface area contributed by atoms with Crippen molar-refractivity contribution in [2.45, 2.75) is 45.8 Å². The van der Waals surface area contributed by atoms with Crippen LogP contribution in [0.5, 0.6) is 5.75 Å². The van der Waals surface area contributed by atoms with Crippen molar-refractivity contribution in [3.05, 3.63) is 68.9 Å². The molecule has 0 saturated heterocycles. The lowest BCUT2D eigenvalue weighted by molar-refractivity contribution is -0.160. The van der Waals surface area contributed by atoms with E-state index in [1.165, 1.54) is 5.56 Å². The highest BCUT2D eigenvalue weighted by Gasteiger charge is 2.32. The molecule has 2 heterocycles. The fourth-order valence-electron chi connectivity index (χ4n) is 4.84. The van der Waals surface area contributed by atoms with Crippen LogP contribution in [0.2, 0.25) is 0 Å². The summed E-state index contributed by atoms with van der Waals surface area (Å²) in [7, 11) is 0. The zero-order valence-corrected chi connectivity index (χ0v) is 21.8. The molecule has 0 amide bonds. The molecule has 4 aromatic rings. The maximum absolute atomic E-state index is 12.6. The average molecular weight is 567 g/mol. The molecule has 1 aliphatic heterocycles. The number of hydrogen-bond donors (Lipinski definition) is 1. The molecule has 6 heteroatoms. The van der Waals surface area contributed by atoms with E-state index in [1.54, 1.807) is 0 Å². The quantitative estimate of drug-likeness (QED) is 0.274. The Labute approximate surface area is 212 Å². The Bertz CT molecular complexity index is 1440. The molecule has 1 atom stereocenters. The zero-order chi connectivity index (χ0) is 24.2. The third-order valence-electron chi connectivity index (χ3n) is 6.15. The first-order chi connectivity index (χ1) is 16.1. The number of carboxylic acids is 1. The zero-order valence-electron chi connectivity index (χ0n) is 19.6. The second kappa shape index (κ2) is 8.50. The van der Waals surface area contributed by atoms with Crippen molar-refractivity contribution in [1.82, 2.24) is 4.98 Å². The van der Waals surface area contributed by atoms with Gasteiger partial charge in [-0.05, 0) is 108 Å². The maximum atomic E-state index is 12.6. The summed E-state index contributed by atoms with van der Waals surface area (Å²) >= 11 is 2.30. The van der Waals surface area contributed by atoms with Crippen molar-refractivity contribution in [3.8, 4) is 16.9 Å². The summed E-state index contributed by atoms with van der Waals surface area (Å²) in [5, 5.41) is 13.3. The van der Waals surface area contributed by atoms with Gasteiger partial charge in [0.15, 0.2) is 6.10 Å². The van der Waals surface area contributed by atoms with Gasteiger partial charge < -0.3 is 14.6 Å². The minimum absolute atomic E-state index is 0.640. The number of pyridine rings is 1. The van der Waals surface area contributed by atoms with Crippen molar-refractivity contribution in [2.24, 2.45) is 0 Å². The number of fused-ring (bicyclic) bond motifs is 1. The molecule has 174 valence electrons. The molecule has 5 rings (SSSR count). The Kier molecular flexibility index (Phi) is 5.76. The predicted molar refractivity (Wildman–Crippen MR) is 143 cm³/mol. The van der Waals surface area contributed by atoms with Crippen LogP contribution in [0.25, 0.3) is 32.8 Å². The SMILES string of the molecule is Cc1cc2ccc(I)cc2c(-c2ccc3c4c(ccnc24)CCO3)c1[C@H](OC(C)(C)C)C(=O)O. The standard InChI is InChI=1S/C28H26INO4/c1-15-13-17-5-6-18(29)14-20(17)24(22(15)26(27(31)32)34-28(2,3)4)19-7-8-21-23-16(10-12-33-21)9-11-30-25(19)23/h5-9,11,13-14,26H,10,12H2,1-4H3,(H,31,32)/t26-/m0/s1. The second-order valence-corrected chi connectivity index (χ2v) is 10.9. The fraction of sp³-hybridized carbons (Fsp3) is 0.286. The lowest BCUT2D eigenvalue weighted by Gasteiger charge is -2.29. The van der Waals surface area contributed by atoms with Crippen LogP contribution in [-0.4, -0.2) is 28.3 Å². The molecule has 0 unspecified atom stereocenters. The minimum atomic E-state index is -1.13. The molecule has 5 nitrogen and oxygen atoms in total. The number of nitrogens with zero attached hydrogens (tertiary/aromatic N) is 1. The van der Waals surface area contributed by atoms with Crippen LogP contribution in [0, 0.1) is 10.5 Å². The van der Waals surface area contributed by atoms with E-state index in [9.17, 15) is 9.90 Å². The first-order valence-corrected chi connectivity index (χ1v) is 12.4. The van der Waals surface area contributed by atoms with Crippen LogP contribution >= 0.6 is 22.6 Å². The van der Waals surface area contributed by atoms with Gasteiger partial charge in [-0.25, -0.2) is 4.79 Å². The number of aliphatic carboxylic acids is 1. The number of benzene rings is 3. The normalized spacial score (nSPS) is 14.3. The van der Waals surface area contributed by atoms with Gasteiger partial charge in [-0.15, -0.1) is 0 Å². The van der Waals surface area contributed by atoms with Gasteiger partial charge >= 0.3 is 5.97 Å². The van der Waals surface area contributed by atoms with E-state index in [4.69, 9.17) is 14.5 Å². The highest BCUT2D eigenvalue weighted by molar-refractivity contribution is 14.1. The lowest BCUT2D eigenvalue weighted by Crippen LogP contribution is -2.28. The van der Waals surface area contributed by atoms with Gasteiger partial charge in [-0.2, -0.15) is 0 Å². The molecule has 0 saturated carbocycles. The monoisotopic (exact) mass is 567 g/mol. The van der Waals surface area contributed by atoms with Gasteiger partial charge in [0, 0.05) is 32.7 Å². The molecule has 0 fully saturated rings. The molecule has 1 aliphatic rings. The Hall–Kier alpha value is -2.71. The molecular formula is C28H26INO4. The second-order valence-electron chi connectivity index (χ2n) is 9.70. The predicted octanol–water partition coefficient (Wildman–Crippen LogP) is 6.84. The fourth-order valence-corrected chi connectivity index (χ4v) is 5.33. The van der Waals surface area contributed by atoms with E-state index in [-0.39, 0.29) is 0 Å². The van der Waals surface area contributed by atoms with Crippen molar-refractivity contribution >= 4 is 50.2 Å². The first kappa shape index (κ1) is 23.1. The number of carbonyl (C=O) groups is 1. The molecule has 1 aromatic heterocycles. The number of aryl methyl sites for hydroxylation is 1. The summed E-state index contributed by atoms with van der Waals surface area (Å²) in [6.07, 6.45) is 1.52. The number of rotatable bonds is 4. The Morgan fingerprint density at radius 1 is 1.18 bits per heavy atom. The number of aromatic nitrogens is 1. The van der Waals surface area contributed by atoms with Crippen molar-refractivity contribution < 1.29 is 19.4 Å². The molecule has 3 aromatic carbocycles. The summed E-state index contributed by atoms with van der Waals surface area (Å²) in [6.45, 7) is 8.23. The highest BCUT2D eigenvalue weighted by Crippen LogP contribution is 2.45.